The van der Waals surface area contributed by atoms with Crippen LogP contribution < -0.4 is 5.43 Å². The zero-order valence-corrected chi connectivity index (χ0v) is 15.9. The maximum Gasteiger partial charge on any atom is 0.204 e. The van der Waals surface area contributed by atoms with Crippen molar-refractivity contribution < 1.29 is 9.90 Å². The summed E-state index contributed by atoms with van der Waals surface area (Å²) >= 11 is 1.50. The number of aliphatic hydroxyl groups excluding tert-OH is 1. The van der Waals surface area contributed by atoms with E-state index >= 15 is 0 Å². The third-order valence-electron chi connectivity index (χ3n) is 4.36. The number of thiazole rings is 1. The van der Waals surface area contributed by atoms with E-state index in [1.165, 1.54) is 11.3 Å². The lowest BCUT2D eigenvalue weighted by Crippen LogP contribution is -2.15. The number of Topliss-reactive ketones (excluding diaryl/α,β-unsaturated/α-hetero) is 1. The number of allylic oxidation sites excluding steroid dienone is 1. The predicted octanol–water partition coefficient (Wildman–Crippen LogP) is 5.28. The number of hydrogen-bond donors (Lipinski definition) is 2. The summed E-state index contributed by atoms with van der Waals surface area (Å²) in [6.45, 7) is 4.11. The molecule has 0 unspecified atom stereocenters. The predicted molar refractivity (Wildman–Crippen MR) is 110 cm³/mol. The summed E-state index contributed by atoms with van der Waals surface area (Å²) in [6.07, 6.45) is 0.566. The first kappa shape index (κ1) is 17.4. The van der Waals surface area contributed by atoms with Crippen molar-refractivity contribution in [3.8, 4) is 0 Å². The van der Waals surface area contributed by atoms with Crippen molar-refractivity contribution in [3.63, 3.8) is 0 Å². The van der Waals surface area contributed by atoms with Crippen LogP contribution in [-0.2, 0) is 0 Å². The molecular formula is C21H19N3O2S. The Hall–Kier alpha value is -2.99. The summed E-state index contributed by atoms with van der Waals surface area (Å²) in [5.41, 5.74) is 5.78. The number of nitrogens with zero attached hydrogens (tertiary/aromatic N) is 2. The third-order valence-corrected chi connectivity index (χ3v) is 5.30. The molecule has 1 aromatic heterocycles. The van der Waals surface area contributed by atoms with Gasteiger partial charge in [-0.3, -0.25) is 10.2 Å². The van der Waals surface area contributed by atoms with E-state index in [2.05, 4.69) is 29.4 Å². The lowest BCUT2D eigenvalue weighted by atomic mass is 9.98. The average Bonchev–Trinajstić information content (AvgIpc) is 3.18. The molecule has 0 saturated heterocycles. The molecule has 0 fully saturated rings. The first-order valence-electron chi connectivity index (χ1n) is 8.80. The Morgan fingerprint density at radius 3 is 2.56 bits per heavy atom. The SMILES string of the molecule is CC(C)C/C(=N\Nc1nc2ccccc2s1)C1=C(O)c2ccccc2C1=O. The van der Waals surface area contributed by atoms with Crippen LogP contribution in [0.4, 0.5) is 5.13 Å². The van der Waals surface area contributed by atoms with E-state index < -0.39 is 0 Å². The summed E-state index contributed by atoms with van der Waals surface area (Å²) in [5, 5.41) is 15.8. The van der Waals surface area contributed by atoms with Gasteiger partial charge < -0.3 is 5.11 Å². The van der Waals surface area contributed by atoms with Crippen molar-refractivity contribution in [1.82, 2.24) is 4.98 Å². The molecule has 0 bridgehead atoms. The highest BCUT2D eigenvalue weighted by Crippen LogP contribution is 2.33. The standard InChI is InChI=1S/C21H19N3O2S/c1-12(2)11-16(18-19(25)13-7-3-4-8-14(13)20(18)26)23-24-21-22-15-9-5-6-10-17(15)27-21/h3-10,12,25H,11H2,1-2H3,(H,22,24)/b23-16+. The number of anilines is 1. The van der Waals surface area contributed by atoms with Crippen molar-refractivity contribution in [2.24, 2.45) is 11.0 Å². The van der Waals surface area contributed by atoms with Gasteiger partial charge in [-0.25, -0.2) is 4.98 Å². The molecule has 0 amide bonds. The van der Waals surface area contributed by atoms with Gasteiger partial charge in [0.05, 0.1) is 21.5 Å². The van der Waals surface area contributed by atoms with Crippen molar-refractivity contribution in [2.45, 2.75) is 20.3 Å². The minimum absolute atomic E-state index is 0.00102. The number of carbonyl (C=O) groups is 1. The van der Waals surface area contributed by atoms with E-state index in [0.29, 0.717) is 28.4 Å². The molecular weight excluding hydrogens is 358 g/mol. The molecule has 0 saturated carbocycles. The minimum Gasteiger partial charge on any atom is -0.506 e. The number of aromatic nitrogens is 1. The molecule has 2 N–H and O–H groups in total. The Labute approximate surface area is 161 Å². The van der Waals surface area contributed by atoms with Crippen LogP contribution >= 0.6 is 11.3 Å². The van der Waals surface area contributed by atoms with Crippen LogP contribution in [0, 0.1) is 5.92 Å². The lowest BCUT2D eigenvalue weighted by molar-refractivity contribution is 0.104. The van der Waals surface area contributed by atoms with Crippen LogP contribution in [-0.4, -0.2) is 21.6 Å². The Balaban J connectivity index is 1.70. The van der Waals surface area contributed by atoms with Crippen LogP contribution in [0.15, 0.2) is 59.2 Å². The first-order valence-corrected chi connectivity index (χ1v) is 9.62. The molecule has 0 atom stereocenters. The van der Waals surface area contributed by atoms with Crippen molar-refractivity contribution in [2.75, 3.05) is 5.43 Å². The molecule has 0 radical (unpaired) electrons. The van der Waals surface area contributed by atoms with Crippen LogP contribution in [0.1, 0.15) is 36.2 Å². The number of aliphatic hydroxyl groups is 1. The van der Waals surface area contributed by atoms with Gasteiger partial charge in [-0.05, 0) is 24.5 Å². The number of rotatable bonds is 5. The minimum atomic E-state index is -0.186. The summed E-state index contributed by atoms with van der Waals surface area (Å²) in [7, 11) is 0. The molecule has 6 heteroatoms. The van der Waals surface area contributed by atoms with E-state index in [1.54, 1.807) is 18.2 Å². The monoisotopic (exact) mass is 377 g/mol. The summed E-state index contributed by atoms with van der Waals surface area (Å²) in [4.78, 5) is 17.3. The maximum absolute atomic E-state index is 12.8. The van der Waals surface area contributed by atoms with E-state index in [4.69, 9.17) is 0 Å². The Kier molecular flexibility index (Phi) is 4.49. The van der Waals surface area contributed by atoms with Gasteiger partial charge in [-0.15, -0.1) is 0 Å². The quantitative estimate of drug-likeness (QED) is 0.469. The molecule has 0 spiro atoms. The normalized spacial score (nSPS) is 14.3. The Morgan fingerprint density at radius 1 is 1.15 bits per heavy atom. The summed E-state index contributed by atoms with van der Waals surface area (Å²) in [5.74, 6) is 0.0902. The largest absolute Gasteiger partial charge is 0.506 e. The number of benzene rings is 2. The molecule has 0 aliphatic heterocycles. The lowest BCUT2D eigenvalue weighted by Gasteiger charge is -2.10. The van der Waals surface area contributed by atoms with Gasteiger partial charge in [0.15, 0.2) is 5.78 Å². The van der Waals surface area contributed by atoms with Gasteiger partial charge in [0, 0.05) is 11.1 Å². The van der Waals surface area contributed by atoms with Gasteiger partial charge >= 0.3 is 0 Å². The Bertz CT molecular complexity index is 1060. The van der Waals surface area contributed by atoms with Crippen LogP contribution in [0.2, 0.25) is 0 Å². The van der Waals surface area contributed by atoms with Crippen LogP contribution in [0.25, 0.3) is 16.0 Å². The molecule has 5 nitrogen and oxygen atoms in total. The van der Waals surface area contributed by atoms with Gasteiger partial charge in [0.2, 0.25) is 5.13 Å². The van der Waals surface area contributed by atoms with Crippen molar-refractivity contribution >= 4 is 43.9 Å². The number of hydrazone groups is 1. The first-order chi connectivity index (χ1) is 13.0. The number of carbonyl (C=O) groups excluding carboxylic acids is 1. The van der Waals surface area contributed by atoms with Crippen molar-refractivity contribution in [1.29, 1.82) is 0 Å². The highest BCUT2D eigenvalue weighted by atomic mass is 32.1. The second-order valence-electron chi connectivity index (χ2n) is 6.85. The zero-order chi connectivity index (χ0) is 19.0. The second kappa shape index (κ2) is 6.96. The second-order valence-corrected chi connectivity index (χ2v) is 7.88. The average molecular weight is 377 g/mol. The fourth-order valence-electron chi connectivity index (χ4n) is 3.16. The fourth-order valence-corrected chi connectivity index (χ4v) is 3.97. The molecule has 3 aromatic rings. The topological polar surface area (TPSA) is 74.6 Å². The van der Waals surface area contributed by atoms with Gasteiger partial charge in [0.25, 0.3) is 0 Å². The van der Waals surface area contributed by atoms with Gasteiger partial charge in [-0.1, -0.05) is 61.6 Å². The van der Waals surface area contributed by atoms with E-state index in [0.717, 1.165) is 10.2 Å². The van der Waals surface area contributed by atoms with Crippen molar-refractivity contribution in [3.05, 3.63) is 65.2 Å². The van der Waals surface area contributed by atoms with Gasteiger partial charge in [-0.2, -0.15) is 5.10 Å². The zero-order valence-electron chi connectivity index (χ0n) is 15.1. The molecule has 1 aliphatic rings. The smallest absolute Gasteiger partial charge is 0.204 e. The number of hydrogen-bond acceptors (Lipinski definition) is 6. The number of nitrogens with one attached hydrogen (secondary N) is 1. The third kappa shape index (κ3) is 3.24. The number of fused-ring (bicyclic) bond motifs is 2. The molecule has 1 heterocycles. The molecule has 136 valence electrons. The number of ketones is 1. The maximum atomic E-state index is 12.8. The van der Waals surface area contributed by atoms with Crippen LogP contribution in [0.3, 0.4) is 0 Å². The summed E-state index contributed by atoms with van der Waals surface area (Å²) in [6, 6.07) is 14.9. The highest BCUT2D eigenvalue weighted by molar-refractivity contribution is 7.22. The van der Waals surface area contributed by atoms with Crippen LogP contribution in [0.5, 0.6) is 0 Å². The van der Waals surface area contributed by atoms with E-state index in [9.17, 15) is 9.90 Å². The molecule has 4 rings (SSSR count). The Morgan fingerprint density at radius 2 is 1.85 bits per heavy atom. The van der Waals surface area contributed by atoms with Gasteiger partial charge in [0.1, 0.15) is 5.76 Å². The molecule has 2 aromatic carbocycles. The number of para-hydroxylation sites is 1. The fraction of sp³-hybridized carbons (Fsp3) is 0.190. The van der Waals surface area contributed by atoms with E-state index in [1.807, 2.05) is 30.3 Å². The molecule has 1 aliphatic carbocycles. The molecule has 27 heavy (non-hydrogen) atoms. The summed E-state index contributed by atoms with van der Waals surface area (Å²) < 4.78 is 1.06. The highest BCUT2D eigenvalue weighted by Gasteiger charge is 2.32. The van der Waals surface area contributed by atoms with E-state index in [-0.39, 0.29) is 23.0 Å².